The molecule has 0 bridgehead atoms. The monoisotopic (exact) mass is 417 g/mol. The molecule has 0 saturated heterocycles. The summed E-state index contributed by atoms with van der Waals surface area (Å²) in [4.78, 5) is 14.8. The summed E-state index contributed by atoms with van der Waals surface area (Å²) in [6.07, 6.45) is 0.975. The zero-order valence-corrected chi connectivity index (χ0v) is 17.9. The number of nitrogens with one attached hydrogen (secondary N) is 1. The third-order valence-electron chi connectivity index (χ3n) is 5.62. The topological polar surface area (TPSA) is 76.8 Å². The maximum atomic E-state index is 12.4. The Labute approximate surface area is 182 Å². The number of benzene rings is 3. The van der Waals surface area contributed by atoms with E-state index in [0.717, 1.165) is 43.2 Å². The number of fused-ring (bicyclic) bond motifs is 1. The standard InChI is InChI=1S/C25H27N3O3/c1-30-23-13-18-11-12-28(16-19(18)14-24(23)31-2)15-17-7-9-20(10-8-17)27-25(29)21-5-3-4-6-22(21)26/h3-10,13-14H,11-12,15-16,26H2,1-2H3,(H,27,29). The number of para-hydroxylation sites is 1. The van der Waals surface area contributed by atoms with Gasteiger partial charge in [0.05, 0.1) is 19.8 Å². The zero-order valence-electron chi connectivity index (χ0n) is 17.9. The number of carbonyl (C=O) groups excluding carboxylic acids is 1. The lowest BCUT2D eigenvalue weighted by atomic mass is 9.98. The van der Waals surface area contributed by atoms with Crippen LogP contribution in [0.5, 0.6) is 11.5 Å². The molecule has 0 aromatic heterocycles. The molecule has 160 valence electrons. The van der Waals surface area contributed by atoms with E-state index in [2.05, 4.69) is 22.3 Å². The van der Waals surface area contributed by atoms with Gasteiger partial charge in [-0.2, -0.15) is 0 Å². The molecular weight excluding hydrogens is 390 g/mol. The summed E-state index contributed by atoms with van der Waals surface area (Å²) in [7, 11) is 3.33. The lowest BCUT2D eigenvalue weighted by Crippen LogP contribution is -2.30. The zero-order chi connectivity index (χ0) is 21.8. The predicted molar refractivity (Wildman–Crippen MR) is 123 cm³/mol. The van der Waals surface area contributed by atoms with Crippen LogP contribution >= 0.6 is 0 Å². The van der Waals surface area contributed by atoms with Crippen molar-refractivity contribution in [3.8, 4) is 11.5 Å². The number of nitrogen functional groups attached to an aromatic ring is 1. The maximum Gasteiger partial charge on any atom is 0.257 e. The Hall–Kier alpha value is -3.51. The van der Waals surface area contributed by atoms with E-state index in [1.165, 1.54) is 16.7 Å². The van der Waals surface area contributed by atoms with Crippen LogP contribution in [0.3, 0.4) is 0 Å². The van der Waals surface area contributed by atoms with Crippen molar-refractivity contribution >= 4 is 17.3 Å². The van der Waals surface area contributed by atoms with Gasteiger partial charge in [0.2, 0.25) is 0 Å². The molecule has 3 N–H and O–H groups in total. The second kappa shape index (κ2) is 9.10. The van der Waals surface area contributed by atoms with Gasteiger partial charge in [-0.1, -0.05) is 24.3 Å². The van der Waals surface area contributed by atoms with E-state index in [9.17, 15) is 4.79 Å². The highest BCUT2D eigenvalue weighted by Crippen LogP contribution is 2.33. The number of rotatable bonds is 6. The lowest BCUT2D eigenvalue weighted by Gasteiger charge is -2.29. The molecule has 31 heavy (non-hydrogen) atoms. The molecule has 0 fully saturated rings. The van der Waals surface area contributed by atoms with Gasteiger partial charge >= 0.3 is 0 Å². The smallest absolute Gasteiger partial charge is 0.257 e. The maximum absolute atomic E-state index is 12.4. The lowest BCUT2D eigenvalue weighted by molar-refractivity contribution is 0.102. The summed E-state index contributed by atoms with van der Waals surface area (Å²) < 4.78 is 10.9. The molecule has 0 spiro atoms. The van der Waals surface area contributed by atoms with Gasteiger partial charge in [0.25, 0.3) is 5.91 Å². The van der Waals surface area contributed by atoms with Crippen molar-refractivity contribution in [3.05, 3.63) is 82.9 Å². The highest BCUT2D eigenvalue weighted by atomic mass is 16.5. The van der Waals surface area contributed by atoms with Crippen LogP contribution in [0.4, 0.5) is 11.4 Å². The number of amides is 1. The van der Waals surface area contributed by atoms with Gasteiger partial charge in [-0.05, 0) is 59.5 Å². The molecule has 1 aliphatic rings. The first-order chi connectivity index (χ1) is 15.1. The number of nitrogens with two attached hydrogens (primary N) is 1. The summed E-state index contributed by atoms with van der Waals surface area (Å²) in [5, 5.41) is 2.91. The Kier molecular flexibility index (Phi) is 6.09. The molecule has 1 aliphatic heterocycles. The molecule has 6 heteroatoms. The molecule has 6 nitrogen and oxygen atoms in total. The van der Waals surface area contributed by atoms with Gasteiger partial charge in [-0.25, -0.2) is 0 Å². The Morgan fingerprint density at radius 3 is 2.35 bits per heavy atom. The number of ether oxygens (including phenoxy) is 2. The van der Waals surface area contributed by atoms with Gasteiger partial charge < -0.3 is 20.5 Å². The SMILES string of the molecule is COc1cc2c(cc1OC)CN(Cc1ccc(NC(=O)c3ccccc3N)cc1)CC2. The second-order valence-corrected chi connectivity index (χ2v) is 7.67. The van der Waals surface area contributed by atoms with E-state index in [1.54, 1.807) is 32.4 Å². The highest BCUT2D eigenvalue weighted by Gasteiger charge is 2.19. The Morgan fingerprint density at radius 1 is 1.00 bits per heavy atom. The second-order valence-electron chi connectivity index (χ2n) is 7.67. The van der Waals surface area contributed by atoms with Crippen molar-refractivity contribution < 1.29 is 14.3 Å². The van der Waals surface area contributed by atoms with Crippen molar-refractivity contribution in [2.45, 2.75) is 19.5 Å². The van der Waals surface area contributed by atoms with E-state index >= 15 is 0 Å². The minimum Gasteiger partial charge on any atom is -0.493 e. The summed E-state index contributed by atoms with van der Waals surface area (Å²) in [6.45, 7) is 2.68. The first-order valence-electron chi connectivity index (χ1n) is 10.3. The largest absolute Gasteiger partial charge is 0.493 e. The first kappa shape index (κ1) is 20.8. The molecule has 0 aliphatic carbocycles. The third-order valence-corrected chi connectivity index (χ3v) is 5.62. The Bertz CT molecular complexity index is 1080. The summed E-state index contributed by atoms with van der Waals surface area (Å²) >= 11 is 0. The molecule has 1 amide bonds. The molecular formula is C25H27N3O3. The van der Waals surface area contributed by atoms with Crippen LogP contribution in [0.2, 0.25) is 0 Å². The number of carbonyl (C=O) groups is 1. The van der Waals surface area contributed by atoms with Crippen LogP contribution in [-0.2, 0) is 19.5 Å². The minimum atomic E-state index is -0.206. The van der Waals surface area contributed by atoms with E-state index in [1.807, 2.05) is 30.3 Å². The minimum absolute atomic E-state index is 0.206. The van der Waals surface area contributed by atoms with Crippen LogP contribution in [-0.4, -0.2) is 31.6 Å². The van der Waals surface area contributed by atoms with Gasteiger partial charge in [0.15, 0.2) is 11.5 Å². The normalized spacial score (nSPS) is 13.4. The quantitative estimate of drug-likeness (QED) is 0.591. The number of nitrogens with zero attached hydrogens (tertiary/aromatic N) is 1. The molecule has 3 aromatic carbocycles. The number of anilines is 2. The number of methoxy groups -OCH3 is 2. The fraction of sp³-hybridized carbons (Fsp3) is 0.240. The average Bonchev–Trinajstić information content (AvgIpc) is 2.79. The summed E-state index contributed by atoms with van der Waals surface area (Å²) in [5.41, 5.74) is 11.4. The predicted octanol–water partition coefficient (Wildman–Crippen LogP) is 4.10. The number of hydrogen-bond donors (Lipinski definition) is 2. The summed E-state index contributed by atoms with van der Waals surface area (Å²) in [5.74, 6) is 1.34. The van der Waals surface area contributed by atoms with Crippen LogP contribution in [0.1, 0.15) is 27.0 Å². The molecule has 0 atom stereocenters. The molecule has 0 unspecified atom stereocenters. The third kappa shape index (κ3) is 4.64. The fourth-order valence-corrected chi connectivity index (χ4v) is 3.93. The van der Waals surface area contributed by atoms with Crippen LogP contribution in [0.25, 0.3) is 0 Å². The van der Waals surface area contributed by atoms with Crippen molar-refractivity contribution in [1.82, 2.24) is 4.90 Å². The van der Waals surface area contributed by atoms with Gasteiger partial charge in [0, 0.05) is 31.0 Å². The Balaban J connectivity index is 1.40. The van der Waals surface area contributed by atoms with Crippen molar-refractivity contribution in [2.75, 3.05) is 31.8 Å². The van der Waals surface area contributed by atoms with Crippen LogP contribution in [0.15, 0.2) is 60.7 Å². The fourth-order valence-electron chi connectivity index (χ4n) is 3.93. The van der Waals surface area contributed by atoms with E-state index in [0.29, 0.717) is 11.3 Å². The molecule has 0 radical (unpaired) electrons. The van der Waals surface area contributed by atoms with Crippen LogP contribution < -0.4 is 20.5 Å². The van der Waals surface area contributed by atoms with Gasteiger partial charge in [0.1, 0.15) is 0 Å². The molecule has 0 saturated carbocycles. The van der Waals surface area contributed by atoms with Crippen LogP contribution in [0, 0.1) is 0 Å². The summed E-state index contributed by atoms with van der Waals surface area (Å²) in [6, 6.07) is 19.2. The van der Waals surface area contributed by atoms with E-state index in [4.69, 9.17) is 15.2 Å². The first-order valence-corrected chi connectivity index (χ1v) is 10.3. The number of hydrogen-bond acceptors (Lipinski definition) is 5. The van der Waals surface area contributed by atoms with Crippen molar-refractivity contribution in [1.29, 1.82) is 0 Å². The van der Waals surface area contributed by atoms with Gasteiger partial charge in [-0.15, -0.1) is 0 Å². The van der Waals surface area contributed by atoms with Gasteiger partial charge in [-0.3, -0.25) is 9.69 Å². The molecule has 3 aromatic rings. The molecule has 4 rings (SSSR count). The van der Waals surface area contributed by atoms with E-state index < -0.39 is 0 Å². The van der Waals surface area contributed by atoms with Crippen molar-refractivity contribution in [2.24, 2.45) is 0 Å². The van der Waals surface area contributed by atoms with E-state index in [-0.39, 0.29) is 5.91 Å². The Morgan fingerprint density at radius 2 is 1.68 bits per heavy atom. The average molecular weight is 418 g/mol. The molecule has 1 heterocycles. The van der Waals surface area contributed by atoms with Crippen molar-refractivity contribution in [3.63, 3.8) is 0 Å². The highest BCUT2D eigenvalue weighted by molar-refractivity contribution is 6.07.